The van der Waals surface area contributed by atoms with Crippen LogP contribution in [0.4, 0.5) is 5.69 Å². The van der Waals surface area contributed by atoms with Crippen molar-refractivity contribution in [3.63, 3.8) is 0 Å². The lowest BCUT2D eigenvalue weighted by atomic mass is 10.1. The Balaban J connectivity index is 1.67. The largest absolute Gasteiger partial charge is 0.355 e. The van der Waals surface area contributed by atoms with Crippen LogP contribution in [-0.2, 0) is 9.59 Å². The molecule has 2 aliphatic rings. The number of nitrogens with one attached hydrogen (secondary N) is 1. The lowest BCUT2D eigenvalue weighted by molar-refractivity contribution is -0.132. The first kappa shape index (κ1) is 14.4. The Bertz CT molecular complexity index is 584. The summed E-state index contributed by atoms with van der Waals surface area (Å²) in [5, 5.41) is 3.59. The predicted octanol–water partition coefficient (Wildman–Crippen LogP) is 2.53. The van der Waals surface area contributed by atoms with Gasteiger partial charge in [0.1, 0.15) is 5.92 Å². The van der Waals surface area contributed by atoms with Gasteiger partial charge in [-0.1, -0.05) is 11.6 Å². The van der Waals surface area contributed by atoms with Gasteiger partial charge in [-0.05, 0) is 55.9 Å². The van der Waals surface area contributed by atoms with Crippen LogP contribution in [0.1, 0.15) is 24.8 Å². The van der Waals surface area contributed by atoms with Crippen molar-refractivity contribution in [2.75, 3.05) is 18.0 Å². The van der Waals surface area contributed by atoms with Gasteiger partial charge in [0.05, 0.1) is 0 Å². The third kappa shape index (κ3) is 3.05. The summed E-state index contributed by atoms with van der Waals surface area (Å²) in [4.78, 5) is 26.2. The number of hydrogen-bond acceptors (Lipinski definition) is 2. The van der Waals surface area contributed by atoms with Gasteiger partial charge in [0.25, 0.3) is 0 Å². The van der Waals surface area contributed by atoms with Crippen LogP contribution < -0.4 is 10.2 Å². The lowest BCUT2D eigenvalue weighted by Gasteiger charge is -2.17. The highest BCUT2D eigenvalue weighted by Gasteiger charge is 2.38. The number of carbonyl (C=O) groups excluding carboxylic acids is 2. The Labute approximate surface area is 129 Å². The van der Waals surface area contributed by atoms with Crippen molar-refractivity contribution in [3.8, 4) is 0 Å². The lowest BCUT2D eigenvalue weighted by Crippen LogP contribution is -2.37. The predicted molar refractivity (Wildman–Crippen MR) is 82.4 cm³/mol. The minimum Gasteiger partial charge on any atom is -0.355 e. The molecule has 1 aromatic carbocycles. The number of amides is 2. The van der Waals surface area contributed by atoms with Gasteiger partial charge in [0, 0.05) is 23.8 Å². The Morgan fingerprint density at radius 2 is 2.14 bits per heavy atom. The maximum Gasteiger partial charge on any atom is 0.239 e. The molecule has 0 spiro atoms. The summed E-state index contributed by atoms with van der Waals surface area (Å²) in [6.07, 6.45) is 2.96. The van der Waals surface area contributed by atoms with E-state index in [0.717, 1.165) is 11.3 Å². The number of carbonyl (C=O) groups is 2. The zero-order valence-electron chi connectivity index (χ0n) is 12.1. The van der Waals surface area contributed by atoms with E-state index in [-0.39, 0.29) is 11.8 Å². The fraction of sp³-hybridized carbons (Fsp3) is 0.500. The zero-order chi connectivity index (χ0) is 15.0. The van der Waals surface area contributed by atoms with Crippen molar-refractivity contribution in [1.29, 1.82) is 0 Å². The quantitative estimate of drug-likeness (QED) is 0.869. The molecule has 4 nitrogen and oxygen atoms in total. The van der Waals surface area contributed by atoms with Crippen molar-refractivity contribution in [2.45, 2.75) is 26.2 Å². The minimum atomic E-state index is -0.542. The van der Waals surface area contributed by atoms with E-state index in [0.29, 0.717) is 30.5 Å². The van der Waals surface area contributed by atoms with E-state index >= 15 is 0 Å². The topological polar surface area (TPSA) is 49.4 Å². The molecule has 0 radical (unpaired) electrons. The summed E-state index contributed by atoms with van der Waals surface area (Å²) < 4.78 is 0. The molecule has 0 aromatic heterocycles. The molecule has 21 heavy (non-hydrogen) atoms. The second kappa shape index (κ2) is 5.68. The summed E-state index contributed by atoms with van der Waals surface area (Å²) >= 11 is 6.01. The molecule has 1 saturated heterocycles. The summed E-state index contributed by atoms with van der Waals surface area (Å²) in [6.45, 7) is 3.20. The molecule has 2 amide bonds. The van der Waals surface area contributed by atoms with E-state index < -0.39 is 5.92 Å². The third-order valence-corrected chi connectivity index (χ3v) is 4.66. The van der Waals surface area contributed by atoms with Crippen molar-refractivity contribution in [3.05, 3.63) is 28.8 Å². The molecule has 1 aromatic rings. The van der Waals surface area contributed by atoms with E-state index in [4.69, 9.17) is 11.6 Å². The van der Waals surface area contributed by atoms with Crippen molar-refractivity contribution in [1.82, 2.24) is 5.32 Å². The number of halogens is 1. The molecule has 0 bridgehead atoms. The molecular weight excluding hydrogens is 288 g/mol. The summed E-state index contributed by atoms with van der Waals surface area (Å²) in [5.41, 5.74) is 1.75. The number of nitrogens with zero attached hydrogens (tertiary/aromatic N) is 1. The van der Waals surface area contributed by atoms with E-state index in [9.17, 15) is 9.59 Å². The first-order valence-corrected chi connectivity index (χ1v) is 7.79. The van der Waals surface area contributed by atoms with Crippen LogP contribution in [0.2, 0.25) is 5.02 Å². The van der Waals surface area contributed by atoms with E-state index in [1.165, 1.54) is 12.8 Å². The van der Waals surface area contributed by atoms with Gasteiger partial charge in [-0.2, -0.15) is 0 Å². The van der Waals surface area contributed by atoms with E-state index in [1.54, 1.807) is 11.0 Å². The molecule has 1 saturated carbocycles. The highest BCUT2D eigenvalue weighted by Crippen LogP contribution is 2.30. The van der Waals surface area contributed by atoms with Gasteiger partial charge in [0.15, 0.2) is 0 Å². The van der Waals surface area contributed by atoms with E-state index in [2.05, 4.69) is 5.32 Å². The molecule has 1 N–H and O–H groups in total. The Morgan fingerprint density at radius 1 is 1.38 bits per heavy atom. The van der Waals surface area contributed by atoms with Crippen LogP contribution in [-0.4, -0.2) is 24.9 Å². The maximum atomic E-state index is 12.4. The average Bonchev–Trinajstić information content (AvgIpc) is 3.21. The number of anilines is 1. The summed E-state index contributed by atoms with van der Waals surface area (Å²) in [7, 11) is 0. The molecule has 1 unspecified atom stereocenters. The standard InChI is InChI=1S/C16H19ClN2O2/c1-10-8-12(4-5-14(10)17)19-7-6-13(16(19)21)15(20)18-9-11-2-3-11/h4-5,8,11,13H,2-3,6-7,9H2,1H3,(H,18,20). The summed E-state index contributed by atoms with van der Waals surface area (Å²) in [5.74, 6) is -0.148. The molecule has 112 valence electrons. The van der Waals surface area contributed by atoms with Crippen LogP contribution in [0.5, 0.6) is 0 Å². The monoisotopic (exact) mass is 306 g/mol. The van der Waals surface area contributed by atoms with Crippen molar-refractivity contribution >= 4 is 29.1 Å². The molecule has 1 atom stereocenters. The van der Waals surface area contributed by atoms with Crippen molar-refractivity contribution < 1.29 is 9.59 Å². The van der Waals surface area contributed by atoms with E-state index in [1.807, 2.05) is 19.1 Å². The molecule has 1 heterocycles. The highest BCUT2D eigenvalue weighted by atomic mass is 35.5. The Kier molecular flexibility index (Phi) is 3.89. The SMILES string of the molecule is Cc1cc(N2CCC(C(=O)NCC3CC3)C2=O)ccc1Cl. The van der Waals surface area contributed by atoms with Gasteiger partial charge in [-0.3, -0.25) is 9.59 Å². The maximum absolute atomic E-state index is 12.4. The molecule has 2 fully saturated rings. The Hall–Kier alpha value is -1.55. The van der Waals surface area contributed by atoms with Crippen LogP contribution in [0, 0.1) is 18.8 Å². The first-order valence-electron chi connectivity index (χ1n) is 7.41. The molecule has 3 rings (SSSR count). The normalized spacial score (nSPS) is 21.7. The fourth-order valence-corrected chi connectivity index (χ4v) is 2.78. The van der Waals surface area contributed by atoms with Gasteiger partial charge in [-0.15, -0.1) is 0 Å². The molecule has 1 aliphatic carbocycles. The van der Waals surface area contributed by atoms with Crippen LogP contribution in [0.15, 0.2) is 18.2 Å². The van der Waals surface area contributed by atoms with Gasteiger partial charge in [-0.25, -0.2) is 0 Å². The second-order valence-electron chi connectivity index (χ2n) is 5.95. The number of benzene rings is 1. The summed E-state index contributed by atoms with van der Waals surface area (Å²) in [6, 6.07) is 5.52. The average molecular weight is 307 g/mol. The Morgan fingerprint density at radius 3 is 2.81 bits per heavy atom. The van der Waals surface area contributed by atoms with Crippen LogP contribution >= 0.6 is 11.6 Å². The first-order chi connectivity index (χ1) is 10.1. The van der Waals surface area contributed by atoms with Crippen LogP contribution in [0.3, 0.4) is 0 Å². The number of hydrogen-bond donors (Lipinski definition) is 1. The molecule has 1 aliphatic heterocycles. The van der Waals surface area contributed by atoms with Gasteiger partial charge in [0.2, 0.25) is 11.8 Å². The van der Waals surface area contributed by atoms with Gasteiger partial charge >= 0.3 is 0 Å². The minimum absolute atomic E-state index is 0.106. The fourth-order valence-electron chi connectivity index (χ4n) is 2.67. The molecular formula is C16H19ClN2O2. The smallest absolute Gasteiger partial charge is 0.239 e. The number of aryl methyl sites for hydroxylation is 1. The van der Waals surface area contributed by atoms with Crippen LogP contribution in [0.25, 0.3) is 0 Å². The second-order valence-corrected chi connectivity index (χ2v) is 6.36. The van der Waals surface area contributed by atoms with Gasteiger partial charge < -0.3 is 10.2 Å². The third-order valence-electron chi connectivity index (χ3n) is 4.24. The zero-order valence-corrected chi connectivity index (χ0v) is 12.8. The highest BCUT2D eigenvalue weighted by molar-refractivity contribution is 6.31. The number of rotatable bonds is 4. The molecule has 5 heteroatoms. The van der Waals surface area contributed by atoms with Crippen molar-refractivity contribution in [2.24, 2.45) is 11.8 Å².